The number of halogens is 1. The minimum atomic E-state index is -0.911. The van der Waals surface area contributed by atoms with Crippen LogP contribution in [0.1, 0.15) is 28.8 Å². The fraction of sp³-hybridized carbons (Fsp3) is 0.348. The number of para-hydroxylation sites is 1. The highest BCUT2D eigenvalue weighted by atomic mass is 19.1. The van der Waals surface area contributed by atoms with Gasteiger partial charge in [-0.1, -0.05) is 24.3 Å². The largest absolute Gasteiger partial charge is 0.465 e. The van der Waals surface area contributed by atoms with Gasteiger partial charge in [0.2, 0.25) is 0 Å². The molecule has 2 aromatic rings. The maximum Gasteiger partial charge on any atom is 0.407 e. The fourth-order valence-electron chi connectivity index (χ4n) is 4.51. The van der Waals surface area contributed by atoms with Crippen LogP contribution in [0.2, 0.25) is 0 Å². The van der Waals surface area contributed by atoms with Crippen molar-refractivity contribution in [2.24, 2.45) is 11.3 Å². The standard InChI is InChI=1S/C23H26FN5O4/c24-19-12-16(20(30)26-25)6-7-17(19)13-29(18-4-2-1-3-5-18)21(31)27-10-8-23(9-11-27)14-28(15-23)22(32)33/h1-7,12H,8-11,13-15,25H2,(H,26,30)(H,32,33). The number of likely N-dealkylation sites (tertiary alicyclic amines) is 2. The lowest BCUT2D eigenvalue weighted by Gasteiger charge is -2.53. The van der Waals surface area contributed by atoms with E-state index in [0.717, 1.165) is 18.9 Å². The maximum absolute atomic E-state index is 14.8. The van der Waals surface area contributed by atoms with Gasteiger partial charge in [0.05, 0.1) is 6.54 Å². The Morgan fingerprint density at radius 2 is 1.73 bits per heavy atom. The number of carboxylic acid groups (broad SMARTS) is 1. The SMILES string of the molecule is NNC(=O)c1ccc(CN(C(=O)N2CCC3(CC2)CN(C(=O)O)C3)c2ccccc2)c(F)c1. The van der Waals surface area contributed by atoms with Crippen LogP contribution in [0.15, 0.2) is 48.5 Å². The minimum absolute atomic E-state index is 0.00631. The Balaban J connectivity index is 1.50. The van der Waals surface area contributed by atoms with E-state index in [0.29, 0.717) is 31.9 Å². The summed E-state index contributed by atoms with van der Waals surface area (Å²) in [7, 11) is 0. The average Bonchev–Trinajstić information content (AvgIpc) is 2.81. The van der Waals surface area contributed by atoms with Crippen molar-refractivity contribution >= 4 is 23.7 Å². The van der Waals surface area contributed by atoms with E-state index in [1.54, 1.807) is 29.2 Å². The highest BCUT2D eigenvalue weighted by Gasteiger charge is 2.47. The van der Waals surface area contributed by atoms with Crippen molar-refractivity contribution in [2.75, 3.05) is 31.1 Å². The van der Waals surface area contributed by atoms with E-state index < -0.39 is 17.8 Å². The number of hydrogen-bond donors (Lipinski definition) is 3. The van der Waals surface area contributed by atoms with E-state index in [9.17, 15) is 18.8 Å². The zero-order chi connectivity index (χ0) is 23.6. The first-order valence-electron chi connectivity index (χ1n) is 10.7. The Kier molecular flexibility index (Phi) is 6.19. The van der Waals surface area contributed by atoms with Gasteiger partial charge in [0.1, 0.15) is 5.82 Å². The number of benzene rings is 2. The second-order valence-electron chi connectivity index (χ2n) is 8.61. The molecular formula is C23H26FN5O4. The summed E-state index contributed by atoms with van der Waals surface area (Å²) in [6.07, 6.45) is 0.538. The van der Waals surface area contributed by atoms with Crippen LogP contribution in [0, 0.1) is 11.2 Å². The van der Waals surface area contributed by atoms with Crippen molar-refractivity contribution in [2.45, 2.75) is 19.4 Å². The summed E-state index contributed by atoms with van der Waals surface area (Å²) in [4.78, 5) is 40.9. The van der Waals surface area contributed by atoms with Gasteiger partial charge in [0, 0.05) is 48.4 Å². The fourth-order valence-corrected chi connectivity index (χ4v) is 4.51. The van der Waals surface area contributed by atoms with Gasteiger partial charge in [-0.3, -0.25) is 15.1 Å². The molecule has 0 radical (unpaired) electrons. The molecule has 4 amide bonds. The molecule has 0 aliphatic carbocycles. The molecule has 10 heteroatoms. The zero-order valence-electron chi connectivity index (χ0n) is 18.0. The summed E-state index contributed by atoms with van der Waals surface area (Å²) in [5.41, 5.74) is 2.90. The summed E-state index contributed by atoms with van der Waals surface area (Å²) in [6.45, 7) is 2.01. The Hall–Kier alpha value is -3.66. The predicted octanol–water partition coefficient (Wildman–Crippen LogP) is 2.63. The van der Waals surface area contributed by atoms with Crippen LogP contribution < -0.4 is 16.2 Å². The molecule has 0 atom stereocenters. The Morgan fingerprint density at radius 3 is 2.30 bits per heavy atom. The number of rotatable bonds is 4. The molecule has 2 heterocycles. The third kappa shape index (κ3) is 4.61. The Bertz CT molecular complexity index is 1050. The number of nitrogens with zero attached hydrogens (tertiary/aromatic N) is 3. The van der Waals surface area contributed by atoms with Crippen LogP contribution in [-0.2, 0) is 6.54 Å². The highest BCUT2D eigenvalue weighted by molar-refractivity contribution is 5.94. The van der Waals surface area contributed by atoms with E-state index >= 15 is 0 Å². The molecule has 174 valence electrons. The van der Waals surface area contributed by atoms with E-state index in [1.165, 1.54) is 21.9 Å². The number of hydrazine groups is 1. The third-order valence-electron chi connectivity index (χ3n) is 6.49. The van der Waals surface area contributed by atoms with Crippen molar-refractivity contribution in [3.8, 4) is 0 Å². The van der Waals surface area contributed by atoms with E-state index in [2.05, 4.69) is 0 Å². The van der Waals surface area contributed by atoms with Gasteiger partial charge in [0.25, 0.3) is 5.91 Å². The van der Waals surface area contributed by atoms with Crippen LogP contribution in [0.25, 0.3) is 0 Å². The lowest BCUT2D eigenvalue weighted by atomic mass is 9.72. The lowest BCUT2D eigenvalue weighted by Crippen LogP contribution is -2.62. The van der Waals surface area contributed by atoms with Gasteiger partial charge in [-0.2, -0.15) is 0 Å². The number of hydrogen-bond acceptors (Lipinski definition) is 4. The summed E-state index contributed by atoms with van der Waals surface area (Å²) in [5, 5.41) is 9.11. The van der Waals surface area contributed by atoms with Gasteiger partial charge < -0.3 is 14.9 Å². The van der Waals surface area contributed by atoms with Crippen LogP contribution in [0.5, 0.6) is 0 Å². The van der Waals surface area contributed by atoms with Crippen molar-refractivity contribution < 1.29 is 23.9 Å². The second-order valence-corrected chi connectivity index (χ2v) is 8.61. The first kappa shape index (κ1) is 22.5. The van der Waals surface area contributed by atoms with E-state index in [1.807, 2.05) is 11.5 Å². The smallest absolute Gasteiger partial charge is 0.407 e. The number of urea groups is 1. The predicted molar refractivity (Wildman–Crippen MR) is 119 cm³/mol. The molecule has 1 spiro atoms. The number of piperidine rings is 1. The Morgan fingerprint density at radius 1 is 1.06 bits per heavy atom. The molecular weight excluding hydrogens is 429 g/mol. The molecule has 0 aromatic heterocycles. The number of anilines is 1. The second kappa shape index (κ2) is 9.07. The van der Waals surface area contributed by atoms with Crippen LogP contribution in [0.4, 0.5) is 19.7 Å². The quantitative estimate of drug-likeness (QED) is 0.372. The van der Waals surface area contributed by atoms with E-state index in [-0.39, 0.29) is 29.1 Å². The van der Waals surface area contributed by atoms with Gasteiger partial charge >= 0.3 is 12.1 Å². The van der Waals surface area contributed by atoms with Gasteiger partial charge in [-0.15, -0.1) is 0 Å². The molecule has 0 unspecified atom stereocenters. The molecule has 2 aliphatic heterocycles. The van der Waals surface area contributed by atoms with Gasteiger partial charge in [-0.25, -0.2) is 19.8 Å². The van der Waals surface area contributed by atoms with Crippen LogP contribution in [-0.4, -0.2) is 59.1 Å². The molecule has 2 aliphatic rings. The number of nitrogen functional groups attached to an aromatic ring is 1. The highest BCUT2D eigenvalue weighted by Crippen LogP contribution is 2.40. The summed E-state index contributed by atoms with van der Waals surface area (Å²) in [6, 6.07) is 12.8. The van der Waals surface area contributed by atoms with Gasteiger partial charge in [-0.05, 0) is 37.1 Å². The maximum atomic E-state index is 14.8. The summed E-state index contributed by atoms with van der Waals surface area (Å²) in [5.74, 6) is 3.91. The summed E-state index contributed by atoms with van der Waals surface area (Å²) >= 11 is 0. The molecule has 9 nitrogen and oxygen atoms in total. The van der Waals surface area contributed by atoms with Crippen molar-refractivity contribution in [1.29, 1.82) is 0 Å². The molecule has 0 saturated carbocycles. The molecule has 2 fully saturated rings. The summed E-state index contributed by atoms with van der Waals surface area (Å²) < 4.78 is 14.8. The van der Waals surface area contributed by atoms with E-state index in [4.69, 9.17) is 10.9 Å². The average molecular weight is 455 g/mol. The van der Waals surface area contributed by atoms with Crippen molar-refractivity contribution in [1.82, 2.24) is 15.2 Å². The molecule has 4 N–H and O–H groups in total. The molecule has 0 bridgehead atoms. The molecule has 33 heavy (non-hydrogen) atoms. The number of nitrogens with two attached hydrogens (primary N) is 1. The van der Waals surface area contributed by atoms with Crippen LogP contribution in [0.3, 0.4) is 0 Å². The monoisotopic (exact) mass is 455 g/mol. The molecule has 4 rings (SSSR count). The topological polar surface area (TPSA) is 119 Å². The van der Waals surface area contributed by atoms with Crippen molar-refractivity contribution in [3.05, 3.63) is 65.5 Å². The van der Waals surface area contributed by atoms with Crippen LogP contribution >= 0.6 is 0 Å². The number of carbonyl (C=O) groups is 3. The normalized spacial score (nSPS) is 16.8. The van der Waals surface area contributed by atoms with Gasteiger partial charge in [0.15, 0.2) is 0 Å². The van der Waals surface area contributed by atoms with Crippen molar-refractivity contribution in [3.63, 3.8) is 0 Å². The molecule has 2 saturated heterocycles. The molecule has 2 aromatic carbocycles. The first-order chi connectivity index (χ1) is 15.8. The number of nitrogens with one attached hydrogen (secondary N) is 1. The Labute approximate surface area is 190 Å². The minimum Gasteiger partial charge on any atom is -0.465 e. The lowest BCUT2D eigenvalue weighted by molar-refractivity contribution is -0.0265. The third-order valence-corrected chi connectivity index (χ3v) is 6.49. The zero-order valence-corrected chi connectivity index (χ0v) is 18.0. The number of carbonyl (C=O) groups excluding carboxylic acids is 2. The first-order valence-corrected chi connectivity index (χ1v) is 10.7. The number of amides is 4.